The highest BCUT2D eigenvalue weighted by Gasteiger charge is 2.38. The average molecular weight is 348 g/mol. The smallest absolute Gasteiger partial charge is 0.338 e. The fourth-order valence-electron chi connectivity index (χ4n) is 2.63. The quantitative estimate of drug-likeness (QED) is 0.643. The molecule has 0 fully saturated rings. The molecule has 1 aromatic rings. The zero-order valence-electron chi connectivity index (χ0n) is 14.1. The zero-order chi connectivity index (χ0) is 17.9. The van der Waals surface area contributed by atoms with Gasteiger partial charge in [-0.25, -0.2) is 4.79 Å². The number of hydrogen-bond donors (Lipinski definition) is 1. The van der Waals surface area contributed by atoms with Crippen molar-refractivity contribution in [1.82, 2.24) is 0 Å². The molecule has 128 valence electrons. The summed E-state index contributed by atoms with van der Waals surface area (Å²) >= 11 is 1.54. The first-order chi connectivity index (χ1) is 11.4. The average Bonchev–Trinajstić information content (AvgIpc) is 2.87. The summed E-state index contributed by atoms with van der Waals surface area (Å²) in [7, 11) is 0. The molecular formula is C17H20N2O4S. The predicted octanol–water partition coefficient (Wildman–Crippen LogP) is 3.34. The Balaban J connectivity index is 2.60. The second-order valence-electron chi connectivity index (χ2n) is 5.13. The van der Waals surface area contributed by atoms with E-state index in [1.54, 1.807) is 32.5 Å². The number of hydrogen-bond acceptors (Lipinski definition) is 7. The minimum absolute atomic E-state index is 0.00153. The predicted molar refractivity (Wildman–Crippen MR) is 89.8 cm³/mol. The van der Waals surface area contributed by atoms with Crippen molar-refractivity contribution in [2.24, 2.45) is 5.73 Å². The molecule has 0 unspecified atom stereocenters. The Hall–Kier alpha value is -2.33. The van der Waals surface area contributed by atoms with Crippen molar-refractivity contribution in [3.8, 4) is 6.07 Å². The lowest BCUT2D eigenvalue weighted by Crippen LogP contribution is -2.25. The highest BCUT2D eigenvalue weighted by atomic mass is 32.2. The summed E-state index contributed by atoms with van der Waals surface area (Å²) < 4.78 is 16.3. The van der Waals surface area contributed by atoms with Gasteiger partial charge in [-0.05, 0) is 32.6 Å². The van der Waals surface area contributed by atoms with Crippen LogP contribution in [0.1, 0.15) is 38.0 Å². The van der Waals surface area contributed by atoms with Crippen molar-refractivity contribution >= 4 is 17.7 Å². The number of carbonyl (C=O) groups excluding carboxylic acids is 1. The Morgan fingerprint density at radius 2 is 2.17 bits per heavy atom. The lowest BCUT2D eigenvalue weighted by Gasteiger charge is -2.26. The van der Waals surface area contributed by atoms with E-state index in [9.17, 15) is 10.1 Å². The van der Waals surface area contributed by atoms with E-state index < -0.39 is 11.9 Å². The van der Waals surface area contributed by atoms with E-state index in [1.165, 1.54) is 0 Å². The van der Waals surface area contributed by atoms with Crippen LogP contribution >= 0.6 is 11.8 Å². The third kappa shape index (κ3) is 3.29. The number of aryl methyl sites for hydroxylation is 1. The molecular weight excluding hydrogens is 328 g/mol. The van der Waals surface area contributed by atoms with Crippen molar-refractivity contribution in [1.29, 1.82) is 5.26 Å². The molecule has 1 atom stereocenters. The molecule has 0 aliphatic carbocycles. The van der Waals surface area contributed by atoms with E-state index in [4.69, 9.17) is 19.6 Å². The Bertz CT molecular complexity index is 755. The van der Waals surface area contributed by atoms with Gasteiger partial charge in [-0.1, -0.05) is 18.7 Å². The van der Waals surface area contributed by atoms with Crippen LogP contribution in [0.4, 0.5) is 0 Å². The molecule has 0 bridgehead atoms. The number of ether oxygens (including phenoxy) is 2. The molecule has 1 aromatic heterocycles. The molecule has 0 spiro atoms. The first-order valence-corrected chi connectivity index (χ1v) is 8.61. The van der Waals surface area contributed by atoms with Crippen LogP contribution in [0.5, 0.6) is 0 Å². The minimum atomic E-state index is -0.655. The molecule has 0 radical (unpaired) electrons. The molecule has 6 nitrogen and oxygen atoms in total. The fourth-order valence-corrected chi connectivity index (χ4v) is 3.31. The maximum atomic E-state index is 12.4. The van der Waals surface area contributed by atoms with Crippen LogP contribution < -0.4 is 5.73 Å². The first-order valence-electron chi connectivity index (χ1n) is 7.63. The largest absolute Gasteiger partial charge is 0.463 e. The van der Waals surface area contributed by atoms with Crippen LogP contribution in [0.25, 0.3) is 0 Å². The highest BCUT2D eigenvalue weighted by Crippen LogP contribution is 2.42. The van der Waals surface area contributed by atoms with E-state index in [0.717, 1.165) is 16.4 Å². The topological polar surface area (TPSA) is 98.5 Å². The van der Waals surface area contributed by atoms with Gasteiger partial charge in [-0.15, -0.1) is 0 Å². The van der Waals surface area contributed by atoms with Crippen LogP contribution in [0.2, 0.25) is 0 Å². The number of nitrogens with zero attached hydrogens (tertiary/aromatic N) is 1. The number of thioether (sulfide) groups is 1. The van der Waals surface area contributed by atoms with Crippen molar-refractivity contribution in [3.63, 3.8) is 0 Å². The first kappa shape index (κ1) is 18.0. The van der Waals surface area contributed by atoms with Gasteiger partial charge in [0.05, 0.1) is 18.1 Å². The van der Waals surface area contributed by atoms with Crippen LogP contribution in [0.15, 0.2) is 38.4 Å². The maximum Gasteiger partial charge on any atom is 0.338 e. The number of esters is 1. The van der Waals surface area contributed by atoms with E-state index in [-0.39, 0.29) is 23.6 Å². The lowest BCUT2D eigenvalue weighted by molar-refractivity contribution is -0.139. The number of rotatable bonds is 5. The molecule has 0 saturated heterocycles. The summed E-state index contributed by atoms with van der Waals surface area (Å²) in [6.07, 6.45) is 0. The summed E-state index contributed by atoms with van der Waals surface area (Å²) in [4.78, 5) is 12.4. The lowest BCUT2D eigenvalue weighted by atomic mass is 9.83. The van der Waals surface area contributed by atoms with Gasteiger partial charge < -0.3 is 19.6 Å². The third-order valence-corrected chi connectivity index (χ3v) is 4.41. The van der Waals surface area contributed by atoms with Gasteiger partial charge in [-0.2, -0.15) is 5.26 Å². The molecule has 1 aliphatic heterocycles. The molecule has 1 aliphatic rings. The van der Waals surface area contributed by atoms with Crippen molar-refractivity contribution in [2.75, 3.05) is 12.4 Å². The summed E-state index contributed by atoms with van der Waals surface area (Å²) in [5.74, 6) is 0.637. The maximum absolute atomic E-state index is 12.4. The van der Waals surface area contributed by atoms with E-state index >= 15 is 0 Å². The Kier molecular flexibility index (Phi) is 5.62. The van der Waals surface area contributed by atoms with Gasteiger partial charge in [0.1, 0.15) is 23.2 Å². The van der Waals surface area contributed by atoms with Crippen molar-refractivity contribution < 1.29 is 18.7 Å². The molecule has 0 aromatic carbocycles. The molecule has 24 heavy (non-hydrogen) atoms. The normalized spacial score (nSPS) is 17.5. The van der Waals surface area contributed by atoms with E-state index in [0.29, 0.717) is 11.5 Å². The number of allylic oxidation sites excluding steroid dienone is 2. The van der Waals surface area contributed by atoms with Crippen LogP contribution in [-0.4, -0.2) is 18.3 Å². The van der Waals surface area contributed by atoms with Gasteiger partial charge in [-0.3, -0.25) is 0 Å². The number of furan rings is 1. The highest BCUT2D eigenvalue weighted by molar-refractivity contribution is 7.99. The molecule has 2 rings (SSSR count). The van der Waals surface area contributed by atoms with Gasteiger partial charge in [0.2, 0.25) is 5.88 Å². The molecule has 2 heterocycles. The van der Waals surface area contributed by atoms with E-state index in [2.05, 4.69) is 6.07 Å². The number of carbonyl (C=O) groups is 1. The summed E-state index contributed by atoms with van der Waals surface area (Å²) in [5.41, 5.74) is 7.05. The molecule has 0 saturated carbocycles. The Morgan fingerprint density at radius 1 is 1.46 bits per heavy atom. The van der Waals surface area contributed by atoms with Gasteiger partial charge in [0, 0.05) is 5.56 Å². The van der Waals surface area contributed by atoms with Gasteiger partial charge in [0.15, 0.2) is 5.09 Å². The Morgan fingerprint density at radius 3 is 2.75 bits per heavy atom. The van der Waals surface area contributed by atoms with Crippen LogP contribution in [-0.2, 0) is 14.3 Å². The minimum Gasteiger partial charge on any atom is -0.463 e. The van der Waals surface area contributed by atoms with Crippen molar-refractivity contribution in [2.45, 2.75) is 38.7 Å². The zero-order valence-corrected chi connectivity index (χ0v) is 15.0. The standard InChI is InChI=1S/C17H20N2O4S/c1-5-21-17(20)14-10(4)23-16(19)12(8-18)15(14)11-7-13(24-6-2)22-9(11)3/h7,15H,5-6,19H2,1-4H3/t15-/m1/s1. The van der Waals surface area contributed by atoms with Crippen LogP contribution in [0.3, 0.4) is 0 Å². The Labute approximate surface area is 145 Å². The van der Waals surface area contributed by atoms with Crippen molar-refractivity contribution in [3.05, 3.63) is 40.2 Å². The van der Waals surface area contributed by atoms with Gasteiger partial charge in [0.25, 0.3) is 0 Å². The number of nitriles is 1. The summed E-state index contributed by atoms with van der Waals surface area (Å²) in [6, 6.07) is 3.90. The summed E-state index contributed by atoms with van der Waals surface area (Å²) in [5, 5.41) is 10.3. The third-order valence-electron chi connectivity index (χ3n) is 3.63. The molecule has 0 amide bonds. The monoisotopic (exact) mass is 348 g/mol. The second kappa shape index (κ2) is 7.49. The van der Waals surface area contributed by atoms with E-state index in [1.807, 2.05) is 13.0 Å². The van der Waals surface area contributed by atoms with Gasteiger partial charge >= 0.3 is 5.97 Å². The molecule has 2 N–H and O–H groups in total. The SMILES string of the molecule is CCOC(=O)C1=C(C)OC(N)=C(C#N)[C@H]1c1cc(SCC)oc1C. The molecule has 7 heteroatoms. The van der Waals surface area contributed by atoms with Crippen LogP contribution in [0, 0.1) is 18.3 Å². The number of nitrogens with two attached hydrogens (primary N) is 1. The summed E-state index contributed by atoms with van der Waals surface area (Å²) in [6.45, 7) is 7.40. The second-order valence-corrected chi connectivity index (χ2v) is 6.39. The fraction of sp³-hybridized carbons (Fsp3) is 0.412.